The van der Waals surface area contributed by atoms with Crippen LogP contribution < -0.4 is 5.32 Å². The molecule has 0 aromatic heterocycles. The van der Waals surface area contributed by atoms with Crippen molar-refractivity contribution in [2.75, 3.05) is 13.7 Å². The molecule has 0 saturated carbocycles. The molecule has 1 rings (SSSR count). The van der Waals surface area contributed by atoms with Gasteiger partial charge in [0.25, 0.3) is 0 Å². The largest absolute Gasteiger partial charge is 0.480 e. The van der Waals surface area contributed by atoms with Gasteiger partial charge in [-0.2, -0.15) is 0 Å². The number of amides is 1. The van der Waals surface area contributed by atoms with Gasteiger partial charge in [0.15, 0.2) is 6.04 Å². The zero-order valence-electron chi connectivity index (χ0n) is 11.1. The van der Waals surface area contributed by atoms with Crippen molar-refractivity contribution in [3.05, 3.63) is 35.9 Å². The molecule has 2 atom stereocenters. The van der Waals surface area contributed by atoms with Gasteiger partial charge in [-0.25, -0.2) is 4.79 Å². The lowest BCUT2D eigenvalue weighted by Gasteiger charge is -2.19. The fraction of sp³-hybridized carbons (Fsp3) is 0.429. The minimum Gasteiger partial charge on any atom is -0.480 e. The number of methoxy groups -OCH3 is 1. The molecular formula is C14H19NO4. The van der Waals surface area contributed by atoms with Crippen molar-refractivity contribution in [3.63, 3.8) is 0 Å². The number of nitrogens with one attached hydrogen (secondary N) is 1. The first-order chi connectivity index (χ1) is 9.10. The Balaban J connectivity index is 2.76. The monoisotopic (exact) mass is 265 g/mol. The molecule has 2 unspecified atom stereocenters. The van der Waals surface area contributed by atoms with Crippen LogP contribution in [0.15, 0.2) is 30.3 Å². The minimum absolute atomic E-state index is 0.0493. The second kappa shape index (κ2) is 7.53. The summed E-state index contributed by atoms with van der Waals surface area (Å²) in [5.41, 5.74) is 0.879. The van der Waals surface area contributed by atoms with Crippen LogP contribution in [0.2, 0.25) is 0 Å². The summed E-state index contributed by atoms with van der Waals surface area (Å²) in [6, 6.07) is 8.29. The first kappa shape index (κ1) is 15.2. The average molecular weight is 265 g/mol. The second-order valence-electron chi connectivity index (χ2n) is 4.23. The van der Waals surface area contributed by atoms with Gasteiger partial charge in [-0.05, 0) is 12.0 Å². The Kier molecular flexibility index (Phi) is 6.02. The summed E-state index contributed by atoms with van der Waals surface area (Å²) in [4.78, 5) is 23.1. The standard InChI is InChI=1S/C14H19NO4/c1-3-11(10-7-5-4-6-8-10)13(16)15-12(9-19-2)14(17)18/h4-8,11-12H,3,9H2,1-2H3,(H,15,16)(H,17,18). The van der Waals surface area contributed by atoms with Gasteiger partial charge < -0.3 is 15.2 Å². The number of carboxylic acids is 1. The quantitative estimate of drug-likeness (QED) is 0.781. The van der Waals surface area contributed by atoms with Crippen molar-refractivity contribution in [1.29, 1.82) is 0 Å². The highest BCUT2D eigenvalue weighted by atomic mass is 16.5. The third-order valence-electron chi connectivity index (χ3n) is 2.87. The summed E-state index contributed by atoms with van der Waals surface area (Å²) in [6.07, 6.45) is 0.606. The number of carbonyl (C=O) groups excluding carboxylic acids is 1. The molecule has 0 bridgehead atoms. The molecule has 0 radical (unpaired) electrons. The molecule has 1 amide bonds. The molecule has 0 aliphatic heterocycles. The lowest BCUT2D eigenvalue weighted by atomic mass is 9.95. The lowest BCUT2D eigenvalue weighted by Crippen LogP contribution is -2.45. The number of ether oxygens (including phenoxy) is 1. The number of hydrogen-bond acceptors (Lipinski definition) is 3. The summed E-state index contributed by atoms with van der Waals surface area (Å²) in [5, 5.41) is 11.5. The third kappa shape index (κ3) is 4.37. The normalized spacial score (nSPS) is 13.6. The van der Waals surface area contributed by atoms with E-state index < -0.39 is 12.0 Å². The highest BCUT2D eigenvalue weighted by molar-refractivity contribution is 5.88. The zero-order valence-corrected chi connectivity index (χ0v) is 11.1. The first-order valence-corrected chi connectivity index (χ1v) is 6.17. The predicted molar refractivity (Wildman–Crippen MR) is 70.9 cm³/mol. The number of carboxylic acid groups (broad SMARTS) is 1. The van der Waals surface area contributed by atoms with Gasteiger partial charge in [0.05, 0.1) is 12.5 Å². The van der Waals surface area contributed by atoms with Gasteiger partial charge in [-0.1, -0.05) is 37.3 Å². The maximum Gasteiger partial charge on any atom is 0.328 e. The topological polar surface area (TPSA) is 75.6 Å². The maximum absolute atomic E-state index is 12.1. The molecule has 5 nitrogen and oxygen atoms in total. The molecule has 0 heterocycles. The molecule has 104 valence electrons. The van der Waals surface area contributed by atoms with E-state index in [0.717, 1.165) is 5.56 Å². The minimum atomic E-state index is -1.10. The van der Waals surface area contributed by atoms with Gasteiger partial charge in [0.1, 0.15) is 0 Å². The van der Waals surface area contributed by atoms with E-state index in [9.17, 15) is 9.59 Å². The van der Waals surface area contributed by atoms with Crippen molar-refractivity contribution in [1.82, 2.24) is 5.32 Å². The Bertz CT molecular complexity index is 419. The number of rotatable bonds is 7. The molecule has 0 aliphatic rings. The number of benzene rings is 1. The van der Waals surface area contributed by atoms with Crippen LogP contribution in [0.3, 0.4) is 0 Å². The number of hydrogen-bond donors (Lipinski definition) is 2. The highest BCUT2D eigenvalue weighted by Crippen LogP contribution is 2.19. The fourth-order valence-corrected chi connectivity index (χ4v) is 1.87. The molecular weight excluding hydrogens is 246 g/mol. The Morgan fingerprint density at radius 1 is 1.32 bits per heavy atom. The van der Waals surface area contributed by atoms with E-state index in [4.69, 9.17) is 9.84 Å². The van der Waals surface area contributed by atoms with Crippen LogP contribution >= 0.6 is 0 Å². The number of carbonyl (C=O) groups is 2. The van der Waals surface area contributed by atoms with Gasteiger partial charge in [-0.3, -0.25) is 4.79 Å². The molecule has 2 N–H and O–H groups in total. The van der Waals surface area contributed by atoms with Crippen molar-refractivity contribution >= 4 is 11.9 Å². The summed E-state index contributed by atoms with van der Waals surface area (Å²) in [6.45, 7) is 1.84. The average Bonchev–Trinajstić information content (AvgIpc) is 2.40. The van der Waals surface area contributed by atoms with Crippen molar-refractivity contribution in [3.8, 4) is 0 Å². The van der Waals surface area contributed by atoms with E-state index in [2.05, 4.69) is 5.32 Å². The molecule has 0 fully saturated rings. The smallest absolute Gasteiger partial charge is 0.328 e. The van der Waals surface area contributed by atoms with Crippen LogP contribution in [0.5, 0.6) is 0 Å². The van der Waals surface area contributed by atoms with E-state index in [1.54, 1.807) is 0 Å². The zero-order chi connectivity index (χ0) is 14.3. The van der Waals surface area contributed by atoms with Gasteiger partial charge in [0, 0.05) is 7.11 Å². The molecule has 1 aromatic rings. The van der Waals surface area contributed by atoms with Crippen molar-refractivity contribution in [2.45, 2.75) is 25.3 Å². The molecule has 19 heavy (non-hydrogen) atoms. The Morgan fingerprint density at radius 2 is 1.95 bits per heavy atom. The first-order valence-electron chi connectivity index (χ1n) is 6.17. The van der Waals surface area contributed by atoms with E-state index in [1.807, 2.05) is 37.3 Å². The SMILES string of the molecule is CCC(C(=O)NC(COC)C(=O)O)c1ccccc1. The van der Waals surface area contributed by atoms with E-state index in [1.165, 1.54) is 7.11 Å². The number of aliphatic carboxylic acids is 1. The Morgan fingerprint density at radius 3 is 2.42 bits per heavy atom. The van der Waals surface area contributed by atoms with Gasteiger partial charge >= 0.3 is 5.97 Å². The molecule has 0 aliphatic carbocycles. The third-order valence-corrected chi connectivity index (χ3v) is 2.87. The molecule has 5 heteroatoms. The molecule has 1 aromatic carbocycles. The fourth-order valence-electron chi connectivity index (χ4n) is 1.87. The summed E-state index contributed by atoms with van der Waals surface area (Å²) >= 11 is 0. The van der Waals surface area contributed by atoms with Gasteiger partial charge in [-0.15, -0.1) is 0 Å². The summed E-state index contributed by atoms with van der Waals surface area (Å²) in [5.74, 6) is -1.74. The van der Waals surface area contributed by atoms with Gasteiger partial charge in [0.2, 0.25) is 5.91 Å². The molecule has 0 saturated heterocycles. The van der Waals surface area contributed by atoms with Crippen LogP contribution in [-0.2, 0) is 14.3 Å². The van der Waals surface area contributed by atoms with E-state index in [-0.39, 0.29) is 18.4 Å². The molecule has 0 spiro atoms. The van der Waals surface area contributed by atoms with Crippen LogP contribution in [0.25, 0.3) is 0 Å². The van der Waals surface area contributed by atoms with Crippen LogP contribution in [-0.4, -0.2) is 36.7 Å². The maximum atomic E-state index is 12.1. The second-order valence-corrected chi connectivity index (χ2v) is 4.23. The highest BCUT2D eigenvalue weighted by Gasteiger charge is 2.25. The van der Waals surface area contributed by atoms with E-state index >= 15 is 0 Å². The Labute approximate surface area is 112 Å². The van der Waals surface area contributed by atoms with Crippen molar-refractivity contribution in [2.24, 2.45) is 0 Å². The summed E-state index contributed by atoms with van der Waals surface area (Å²) in [7, 11) is 1.40. The van der Waals surface area contributed by atoms with Crippen molar-refractivity contribution < 1.29 is 19.4 Å². The van der Waals surface area contributed by atoms with Crippen LogP contribution in [0.4, 0.5) is 0 Å². The van der Waals surface area contributed by atoms with Crippen LogP contribution in [0, 0.1) is 0 Å². The lowest BCUT2D eigenvalue weighted by molar-refractivity contribution is -0.143. The predicted octanol–water partition coefficient (Wildman–Crippen LogP) is 1.40. The van der Waals surface area contributed by atoms with E-state index in [0.29, 0.717) is 6.42 Å². The van der Waals surface area contributed by atoms with Crippen LogP contribution in [0.1, 0.15) is 24.8 Å². The Hall–Kier alpha value is -1.88. The summed E-state index contributed by atoms with van der Waals surface area (Å²) < 4.78 is 4.79.